The van der Waals surface area contributed by atoms with Gasteiger partial charge in [-0.2, -0.15) is 13.2 Å². The van der Waals surface area contributed by atoms with Crippen molar-refractivity contribution in [2.45, 2.75) is 31.5 Å². The maximum absolute atomic E-state index is 13.0. The number of carbonyl (C=O) groups is 1. The Bertz CT molecular complexity index is 846. The maximum Gasteiger partial charge on any atom is 0.416 e. The molecule has 2 aromatic carbocycles. The van der Waals surface area contributed by atoms with Gasteiger partial charge in [0.15, 0.2) is 0 Å². The van der Waals surface area contributed by atoms with Crippen LogP contribution in [0.25, 0.3) is 0 Å². The molecule has 0 saturated carbocycles. The molecule has 162 valence electrons. The van der Waals surface area contributed by atoms with Gasteiger partial charge in [-0.1, -0.05) is 24.3 Å². The molecule has 1 fully saturated rings. The van der Waals surface area contributed by atoms with Crippen molar-refractivity contribution in [3.05, 3.63) is 65.2 Å². The maximum atomic E-state index is 13.0. The van der Waals surface area contributed by atoms with E-state index in [0.29, 0.717) is 12.1 Å². The molecule has 0 radical (unpaired) electrons. The molecule has 1 aliphatic rings. The average molecular weight is 420 g/mol. The van der Waals surface area contributed by atoms with Crippen LogP contribution in [0.15, 0.2) is 48.5 Å². The largest absolute Gasteiger partial charge is 0.497 e. The van der Waals surface area contributed by atoms with E-state index in [1.165, 1.54) is 12.1 Å². The van der Waals surface area contributed by atoms with Gasteiger partial charge >= 0.3 is 6.18 Å². The Balaban J connectivity index is 1.77. The summed E-state index contributed by atoms with van der Waals surface area (Å²) in [7, 11) is 3.36. The summed E-state index contributed by atoms with van der Waals surface area (Å²) in [5, 5.41) is 0. The van der Waals surface area contributed by atoms with E-state index in [1.54, 1.807) is 19.1 Å². The summed E-state index contributed by atoms with van der Waals surface area (Å²) >= 11 is 0. The van der Waals surface area contributed by atoms with Crippen molar-refractivity contribution in [1.29, 1.82) is 0 Å². The lowest BCUT2D eigenvalue weighted by molar-refractivity contribution is -0.137. The van der Waals surface area contributed by atoms with E-state index >= 15 is 0 Å². The van der Waals surface area contributed by atoms with E-state index in [9.17, 15) is 18.0 Å². The molecule has 0 bridgehead atoms. The number of likely N-dealkylation sites (N-methyl/N-ethyl adjacent to an activating group) is 1. The predicted molar refractivity (Wildman–Crippen MR) is 109 cm³/mol. The molecule has 30 heavy (non-hydrogen) atoms. The normalized spacial score (nSPS) is 15.8. The molecule has 1 saturated heterocycles. The molecule has 1 heterocycles. The van der Waals surface area contributed by atoms with Crippen molar-refractivity contribution in [3.8, 4) is 5.75 Å². The summed E-state index contributed by atoms with van der Waals surface area (Å²) in [5.74, 6) is 0.587. The fraction of sp³-hybridized carbons (Fsp3) is 0.435. The fourth-order valence-electron chi connectivity index (χ4n) is 3.79. The van der Waals surface area contributed by atoms with Crippen LogP contribution in [0.5, 0.6) is 5.75 Å². The monoisotopic (exact) mass is 420 g/mol. The molecule has 1 amide bonds. The fourth-order valence-corrected chi connectivity index (χ4v) is 3.79. The molecule has 4 nitrogen and oxygen atoms in total. The van der Waals surface area contributed by atoms with Crippen LogP contribution in [-0.2, 0) is 17.4 Å². The van der Waals surface area contributed by atoms with Crippen molar-refractivity contribution >= 4 is 5.91 Å². The number of benzene rings is 2. The summed E-state index contributed by atoms with van der Waals surface area (Å²) in [6.45, 7) is 2.71. The minimum atomic E-state index is -4.38. The number of halogens is 3. The van der Waals surface area contributed by atoms with Gasteiger partial charge in [-0.3, -0.25) is 4.79 Å². The van der Waals surface area contributed by atoms with Gasteiger partial charge in [0.2, 0.25) is 5.91 Å². The van der Waals surface area contributed by atoms with E-state index in [2.05, 4.69) is 4.90 Å². The van der Waals surface area contributed by atoms with E-state index in [4.69, 9.17) is 4.74 Å². The topological polar surface area (TPSA) is 32.8 Å². The number of carbonyl (C=O) groups excluding carboxylic acids is 1. The van der Waals surface area contributed by atoms with Crippen LogP contribution in [0, 0.1) is 0 Å². The first kappa shape index (κ1) is 22.2. The zero-order valence-corrected chi connectivity index (χ0v) is 17.3. The van der Waals surface area contributed by atoms with Crippen LogP contribution < -0.4 is 4.74 Å². The summed E-state index contributed by atoms with van der Waals surface area (Å²) in [6.07, 6.45) is -2.04. The second-order valence-electron chi connectivity index (χ2n) is 7.68. The van der Waals surface area contributed by atoms with E-state index in [0.717, 1.165) is 49.4 Å². The lowest BCUT2D eigenvalue weighted by atomic mass is 10.0. The summed E-state index contributed by atoms with van der Waals surface area (Å²) in [5.41, 5.74) is 0.824. The number of ether oxygens (including phenoxy) is 1. The lowest BCUT2D eigenvalue weighted by Gasteiger charge is -2.32. The third-order valence-corrected chi connectivity index (χ3v) is 5.61. The minimum absolute atomic E-state index is 0.0507. The van der Waals surface area contributed by atoms with Crippen molar-refractivity contribution in [2.24, 2.45) is 0 Å². The first-order valence-corrected chi connectivity index (χ1v) is 10.1. The zero-order chi connectivity index (χ0) is 21.7. The average Bonchev–Trinajstić information content (AvgIpc) is 3.24. The van der Waals surface area contributed by atoms with Crippen LogP contribution in [0.1, 0.15) is 35.6 Å². The predicted octanol–water partition coefficient (Wildman–Crippen LogP) is 4.55. The van der Waals surface area contributed by atoms with Gasteiger partial charge in [0.25, 0.3) is 0 Å². The Kier molecular flexibility index (Phi) is 7.02. The number of hydrogen-bond acceptors (Lipinski definition) is 3. The number of alkyl halides is 3. The van der Waals surface area contributed by atoms with Crippen LogP contribution in [0.3, 0.4) is 0 Å². The molecular weight excluding hydrogens is 393 g/mol. The number of likely N-dealkylation sites (tertiary alicyclic amines) is 1. The van der Waals surface area contributed by atoms with Gasteiger partial charge in [-0.25, -0.2) is 0 Å². The summed E-state index contributed by atoms with van der Waals surface area (Å²) < 4.78 is 43.6. The van der Waals surface area contributed by atoms with Crippen LogP contribution >= 0.6 is 0 Å². The zero-order valence-electron chi connectivity index (χ0n) is 17.3. The third kappa shape index (κ3) is 5.53. The quantitative estimate of drug-likeness (QED) is 0.659. The Morgan fingerprint density at radius 3 is 2.40 bits per heavy atom. The molecular formula is C23H27F3N2O2. The molecule has 2 aromatic rings. The van der Waals surface area contributed by atoms with Crippen molar-refractivity contribution in [1.82, 2.24) is 9.80 Å². The van der Waals surface area contributed by atoms with E-state index in [-0.39, 0.29) is 18.4 Å². The summed E-state index contributed by atoms with van der Waals surface area (Å²) in [4.78, 5) is 17.0. The molecule has 1 aliphatic heterocycles. The van der Waals surface area contributed by atoms with Crippen LogP contribution in [-0.4, -0.2) is 49.5 Å². The second kappa shape index (κ2) is 9.51. The molecule has 0 unspecified atom stereocenters. The Hall–Kier alpha value is -2.54. The standard InChI is InChI=1S/C23H27F3N2O2/c1-27(22(29)14-17-8-10-19(11-9-17)23(24,25)26)21(16-28-12-3-4-13-28)18-6-5-7-20(15-18)30-2/h5-11,15,21H,3-4,12-14,16H2,1-2H3/t21-/m0/s1. The highest BCUT2D eigenvalue weighted by Crippen LogP contribution is 2.30. The number of methoxy groups -OCH3 is 1. The molecule has 0 aliphatic carbocycles. The summed E-state index contributed by atoms with van der Waals surface area (Å²) in [6, 6.07) is 12.3. The van der Waals surface area contributed by atoms with Gasteiger partial charge in [-0.15, -0.1) is 0 Å². The van der Waals surface area contributed by atoms with Crippen LogP contribution in [0.2, 0.25) is 0 Å². The smallest absolute Gasteiger partial charge is 0.416 e. The number of hydrogen-bond donors (Lipinski definition) is 0. The van der Waals surface area contributed by atoms with E-state index < -0.39 is 11.7 Å². The highest BCUT2D eigenvalue weighted by molar-refractivity contribution is 5.79. The second-order valence-corrected chi connectivity index (χ2v) is 7.68. The molecule has 0 N–H and O–H groups in total. The Morgan fingerprint density at radius 1 is 1.13 bits per heavy atom. The highest BCUT2D eigenvalue weighted by atomic mass is 19.4. The lowest BCUT2D eigenvalue weighted by Crippen LogP contribution is -2.39. The number of nitrogens with zero attached hydrogens (tertiary/aromatic N) is 2. The Labute approximate surface area is 175 Å². The van der Waals surface area contributed by atoms with Crippen molar-refractivity contribution in [2.75, 3.05) is 33.8 Å². The SMILES string of the molecule is COc1cccc([C@H](CN2CCCC2)N(C)C(=O)Cc2ccc(C(F)(F)F)cc2)c1. The Morgan fingerprint density at radius 2 is 1.80 bits per heavy atom. The van der Waals surface area contributed by atoms with Gasteiger partial charge in [0.05, 0.1) is 25.1 Å². The molecule has 1 atom stereocenters. The molecule has 0 spiro atoms. The van der Waals surface area contributed by atoms with Crippen molar-refractivity contribution < 1.29 is 22.7 Å². The first-order chi connectivity index (χ1) is 14.3. The van der Waals surface area contributed by atoms with Gasteiger partial charge in [0, 0.05) is 13.6 Å². The number of rotatable bonds is 7. The molecule has 7 heteroatoms. The highest BCUT2D eigenvalue weighted by Gasteiger charge is 2.30. The first-order valence-electron chi connectivity index (χ1n) is 10.1. The molecule has 3 rings (SSSR count). The van der Waals surface area contributed by atoms with Crippen LogP contribution in [0.4, 0.5) is 13.2 Å². The minimum Gasteiger partial charge on any atom is -0.497 e. The van der Waals surface area contributed by atoms with Gasteiger partial charge in [0.1, 0.15) is 5.75 Å². The van der Waals surface area contributed by atoms with E-state index in [1.807, 2.05) is 24.3 Å². The molecule has 0 aromatic heterocycles. The van der Waals surface area contributed by atoms with Crippen molar-refractivity contribution in [3.63, 3.8) is 0 Å². The number of amides is 1. The van der Waals surface area contributed by atoms with Gasteiger partial charge in [-0.05, 0) is 61.3 Å². The third-order valence-electron chi connectivity index (χ3n) is 5.61. The van der Waals surface area contributed by atoms with Gasteiger partial charge < -0.3 is 14.5 Å².